The van der Waals surface area contributed by atoms with Crippen LogP contribution in [0.15, 0.2) is 6.20 Å². The van der Waals surface area contributed by atoms with E-state index in [1.54, 1.807) is 0 Å². The molecule has 0 spiro atoms. The third kappa shape index (κ3) is 2.67. The van der Waals surface area contributed by atoms with E-state index in [1.165, 1.54) is 6.07 Å². The van der Waals surface area contributed by atoms with Crippen LogP contribution < -0.4 is 4.74 Å². The molecule has 0 unspecified atom stereocenters. The number of nitrogens with zero attached hydrogens (tertiary/aromatic N) is 2. The Labute approximate surface area is 98.8 Å². The molecule has 0 amide bonds. The van der Waals surface area contributed by atoms with Crippen molar-refractivity contribution in [1.82, 2.24) is 4.98 Å². The summed E-state index contributed by atoms with van der Waals surface area (Å²) in [6, 6.07) is 1.51. The summed E-state index contributed by atoms with van der Waals surface area (Å²) >= 11 is 0. The highest BCUT2D eigenvalue weighted by Crippen LogP contribution is 2.40. The fourth-order valence-corrected chi connectivity index (χ4v) is 1.42. The van der Waals surface area contributed by atoms with E-state index in [0.29, 0.717) is 0 Å². The Balaban J connectivity index is 3.54. The van der Waals surface area contributed by atoms with Gasteiger partial charge in [0.1, 0.15) is 17.0 Å². The summed E-state index contributed by atoms with van der Waals surface area (Å²) in [5.74, 6) is -0.783. The van der Waals surface area contributed by atoms with Crippen molar-refractivity contribution in [3.63, 3.8) is 0 Å². The number of alkyl halides is 5. The molecule has 0 aliphatic rings. The monoisotopic (exact) mass is 266 g/mol. The molecule has 0 aromatic carbocycles. The first-order valence-corrected chi connectivity index (χ1v) is 4.61. The average Bonchev–Trinajstić information content (AvgIpc) is 2.27. The predicted molar refractivity (Wildman–Crippen MR) is 50.1 cm³/mol. The van der Waals surface area contributed by atoms with Crippen LogP contribution in [0.3, 0.4) is 0 Å². The molecular weight excluding hydrogens is 259 g/mol. The lowest BCUT2D eigenvalue weighted by molar-refractivity contribution is -0.139. The second-order valence-electron chi connectivity index (χ2n) is 3.20. The number of hydrogen-bond donors (Lipinski definition) is 0. The maximum absolute atomic E-state index is 12.6. The summed E-state index contributed by atoms with van der Waals surface area (Å²) in [4.78, 5) is 3.07. The van der Waals surface area contributed by atoms with Crippen molar-refractivity contribution < 1.29 is 26.7 Å². The molecule has 1 aromatic rings. The number of rotatable bonds is 3. The molecule has 0 saturated heterocycles. The molecule has 8 heteroatoms. The number of methoxy groups -OCH3 is 1. The van der Waals surface area contributed by atoms with Gasteiger partial charge < -0.3 is 4.74 Å². The van der Waals surface area contributed by atoms with Gasteiger partial charge in [-0.2, -0.15) is 18.4 Å². The van der Waals surface area contributed by atoms with Crippen LogP contribution in [0, 0.1) is 11.3 Å². The van der Waals surface area contributed by atoms with Crippen molar-refractivity contribution in [1.29, 1.82) is 5.26 Å². The molecule has 3 nitrogen and oxygen atoms in total. The van der Waals surface area contributed by atoms with Gasteiger partial charge in [0.05, 0.1) is 19.6 Å². The van der Waals surface area contributed by atoms with Gasteiger partial charge in [0.15, 0.2) is 0 Å². The van der Waals surface area contributed by atoms with Crippen molar-refractivity contribution in [3.05, 3.63) is 23.0 Å². The summed E-state index contributed by atoms with van der Waals surface area (Å²) in [5.41, 5.74) is -2.69. The van der Waals surface area contributed by atoms with E-state index >= 15 is 0 Å². The largest absolute Gasteiger partial charge is 0.496 e. The lowest BCUT2D eigenvalue weighted by atomic mass is 10.1. The van der Waals surface area contributed by atoms with Crippen molar-refractivity contribution >= 4 is 0 Å². The number of halogens is 5. The maximum atomic E-state index is 12.6. The molecule has 0 aliphatic heterocycles. The number of ether oxygens (including phenoxy) is 1. The van der Waals surface area contributed by atoms with E-state index in [-0.39, 0.29) is 6.20 Å². The smallest absolute Gasteiger partial charge is 0.421 e. The third-order valence-corrected chi connectivity index (χ3v) is 2.13. The van der Waals surface area contributed by atoms with Crippen LogP contribution in [0.4, 0.5) is 22.0 Å². The van der Waals surface area contributed by atoms with E-state index in [0.717, 1.165) is 7.11 Å². The molecular formula is C10H7F5N2O. The zero-order valence-electron chi connectivity index (χ0n) is 9.05. The molecule has 0 aliphatic carbocycles. The highest BCUT2D eigenvalue weighted by atomic mass is 19.4. The van der Waals surface area contributed by atoms with Gasteiger partial charge in [0, 0.05) is 11.8 Å². The van der Waals surface area contributed by atoms with Gasteiger partial charge in [0.25, 0.3) is 6.43 Å². The van der Waals surface area contributed by atoms with Crippen molar-refractivity contribution in [2.45, 2.75) is 19.0 Å². The van der Waals surface area contributed by atoms with Gasteiger partial charge in [-0.25, -0.2) is 8.78 Å². The lowest BCUT2D eigenvalue weighted by Crippen LogP contribution is -2.12. The lowest BCUT2D eigenvalue weighted by Gasteiger charge is -2.16. The summed E-state index contributed by atoms with van der Waals surface area (Å²) in [6.45, 7) is 0. The Morgan fingerprint density at radius 2 is 2.06 bits per heavy atom. The minimum Gasteiger partial charge on any atom is -0.496 e. The van der Waals surface area contributed by atoms with Gasteiger partial charge in [-0.1, -0.05) is 0 Å². The van der Waals surface area contributed by atoms with Crippen LogP contribution >= 0.6 is 0 Å². The summed E-state index contributed by atoms with van der Waals surface area (Å²) in [7, 11) is 0.917. The van der Waals surface area contributed by atoms with Crippen molar-refractivity contribution in [2.24, 2.45) is 0 Å². The van der Waals surface area contributed by atoms with Gasteiger partial charge in [-0.05, 0) is 0 Å². The Morgan fingerprint density at radius 1 is 1.44 bits per heavy atom. The SMILES string of the molecule is COc1c(C(F)(F)F)cnc(C(F)F)c1CC#N. The molecule has 0 saturated carbocycles. The van der Waals surface area contributed by atoms with Crippen LogP contribution in [-0.4, -0.2) is 12.1 Å². The van der Waals surface area contributed by atoms with Crippen molar-refractivity contribution in [3.8, 4) is 11.8 Å². The van der Waals surface area contributed by atoms with Crippen LogP contribution in [0.2, 0.25) is 0 Å². The Kier molecular flexibility index (Phi) is 4.06. The third-order valence-electron chi connectivity index (χ3n) is 2.13. The van der Waals surface area contributed by atoms with E-state index in [9.17, 15) is 22.0 Å². The van der Waals surface area contributed by atoms with Crippen molar-refractivity contribution in [2.75, 3.05) is 7.11 Å². The zero-order chi connectivity index (χ0) is 13.9. The molecule has 18 heavy (non-hydrogen) atoms. The Bertz CT molecular complexity index is 478. The van der Waals surface area contributed by atoms with Crippen LogP contribution in [-0.2, 0) is 12.6 Å². The number of nitriles is 1. The quantitative estimate of drug-likeness (QED) is 0.789. The van der Waals surface area contributed by atoms with Gasteiger partial charge in [0.2, 0.25) is 0 Å². The molecule has 0 bridgehead atoms. The summed E-state index contributed by atoms with van der Waals surface area (Å²) in [6.07, 6.45) is -8.23. The molecule has 98 valence electrons. The minimum atomic E-state index is -4.79. The predicted octanol–water partition coefficient (Wildman–Crippen LogP) is 3.11. The normalized spacial score (nSPS) is 11.4. The molecule has 1 aromatic heterocycles. The topological polar surface area (TPSA) is 45.9 Å². The average molecular weight is 266 g/mol. The fourth-order valence-electron chi connectivity index (χ4n) is 1.42. The molecule has 0 atom stereocenters. The highest BCUT2D eigenvalue weighted by molar-refractivity contribution is 5.46. The summed E-state index contributed by atoms with van der Waals surface area (Å²) in [5, 5.41) is 8.48. The molecule has 1 heterocycles. The van der Waals surface area contributed by atoms with E-state index in [2.05, 4.69) is 9.72 Å². The molecule has 0 radical (unpaired) electrons. The number of aromatic nitrogens is 1. The van der Waals surface area contributed by atoms with Crippen LogP contribution in [0.25, 0.3) is 0 Å². The second kappa shape index (κ2) is 5.16. The van der Waals surface area contributed by atoms with E-state index in [1.807, 2.05) is 0 Å². The molecule has 1 rings (SSSR count). The first kappa shape index (κ1) is 14.2. The Hall–Kier alpha value is -1.91. The van der Waals surface area contributed by atoms with Crippen LogP contribution in [0.1, 0.15) is 23.2 Å². The highest BCUT2D eigenvalue weighted by Gasteiger charge is 2.37. The Morgan fingerprint density at radius 3 is 2.44 bits per heavy atom. The first-order valence-electron chi connectivity index (χ1n) is 4.61. The summed E-state index contributed by atoms with van der Waals surface area (Å²) < 4.78 is 67.5. The van der Waals surface area contributed by atoms with E-state index in [4.69, 9.17) is 5.26 Å². The number of hydrogen-bond acceptors (Lipinski definition) is 3. The first-order chi connectivity index (χ1) is 8.32. The van der Waals surface area contributed by atoms with Gasteiger partial charge in [-0.15, -0.1) is 0 Å². The van der Waals surface area contributed by atoms with E-state index < -0.39 is 41.6 Å². The second-order valence-corrected chi connectivity index (χ2v) is 3.20. The van der Waals surface area contributed by atoms with Crippen LogP contribution in [0.5, 0.6) is 5.75 Å². The molecule has 0 N–H and O–H groups in total. The van der Waals surface area contributed by atoms with Gasteiger partial charge >= 0.3 is 6.18 Å². The van der Waals surface area contributed by atoms with Gasteiger partial charge in [-0.3, -0.25) is 4.98 Å². The standard InChI is InChI=1S/C10H7F5N2O/c1-18-8-5(2-3-16)7(9(11)12)17-4-6(8)10(13,14)15/h4,9H,2H2,1H3. The molecule has 0 fully saturated rings. The number of pyridine rings is 1. The zero-order valence-corrected chi connectivity index (χ0v) is 9.05. The maximum Gasteiger partial charge on any atom is 0.421 e. The fraction of sp³-hybridized carbons (Fsp3) is 0.400. The minimum absolute atomic E-state index is 0.279.